The Labute approximate surface area is 121 Å². The van der Waals surface area contributed by atoms with E-state index in [1.165, 1.54) is 6.42 Å². The van der Waals surface area contributed by atoms with E-state index < -0.39 is 5.97 Å². The Bertz CT molecular complexity index is 320. The molecular formula is C15H28N2O3. The maximum atomic E-state index is 12.0. The molecule has 0 radical (unpaired) electrons. The van der Waals surface area contributed by atoms with E-state index in [0.717, 1.165) is 32.1 Å². The van der Waals surface area contributed by atoms with Crippen LogP contribution in [-0.2, 0) is 4.79 Å². The highest BCUT2D eigenvalue weighted by Crippen LogP contribution is 2.26. The molecule has 1 aliphatic carbocycles. The van der Waals surface area contributed by atoms with E-state index in [4.69, 9.17) is 5.11 Å². The predicted octanol–water partition coefficient (Wildman–Crippen LogP) is 2.90. The summed E-state index contributed by atoms with van der Waals surface area (Å²) < 4.78 is 0. The van der Waals surface area contributed by atoms with Crippen LogP contribution >= 0.6 is 0 Å². The first-order chi connectivity index (χ1) is 9.55. The Hall–Kier alpha value is -1.26. The van der Waals surface area contributed by atoms with E-state index in [0.29, 0.717) is 12.3 Å². The fourth-order valence-corrected chi connectivity index (χ4v) is 2.99. The van der Waals surface area contributed by atoms with Gasteiger partial charge in [-0.15, -0.1) is 0 Å². The summed E-state index contributed by atoms with van der Waals surface area (Å²) in [7, 11) is 0. The molecule has 0 aliphatic heterocycles. The van der Waals surface area contributed by atoms with E-state index >= 15 is 0 Å². The molecule has 1 fully saturated rings. The van der Waals surface area contributed by atoms with Crippen molar-refractivity contribution in [2.24, 2.45) is 5.92 Å². The van der Waals surface area contributed by atoms with E-state index in [9.17, 15) is 9.59 Å². The van der Waals surface area contributed by atoms with Crippen molar-refractivity contribution >= 4 is 12.0 Å². The zero-order valence-electron chi connectivity index (χ0n) is 12.7. The molecule has 3 atom stereocenters. The third-order valence-corrected chi connectivity index (χ3v) is 4.09. The van der Waals surface area contributed by atoms with Gasteiger partial charge in [0.2, 0.25) is 0 Å². The molecule has 1 aliphatic rings. The number of hydrogen-bond acceptors (Lipinski definition) is 2. The standard InChI is InChI=1S/C15H28N2O3/c1-3-6-12(10-14(18)19)16-15(20)17-13-8-5-7-11(4-2)9-13/h11-13H,3-10H2,1-2H3,(H,18,19)(H2,16,17,20). The first-order valence-electron chi connectivity index (χ1n) is 7.83. The van der Waals surface area contributed by atoms with Gasteiger partial charge in [0, 0.05) is 12.1 Å². The minimum atomic E-state index is -0.868. The quantitative estimate of drug-likeness (QED) is 0.672. The number of rotatable bonds is 7. The summed E-state index contributed by atoms with van der Waals surface area (Å²) in [4.78, 5) is 22.7. The zero-order chi connectivity index (χ0) is 15.0. The second kappa shape index (κ2) is 8.82. The summed E-state index contributed by atoms with van der Waals surface area (Å²) >= 11 is 0. The molecule has 0 aromatic carbocycles. The molecule has 3 unspecified atom stereocenters. The number of carbonyl (C=O) groups is 2. The monoisotopic (exact) mass is 284 g/mol. The van der Waals surface area contributed by atoms with Gasteiger partial charge in [0.1, 0.15) is 0 Å². The van der Waals surface area contributed by atoms with Crippen LogP contribution < -0.4 is 10.6 Å². The first-order valence-corrected chi connectivity index (χ1v) is 7.83. The number of hydrogen-bond donors (Lipinski definition) is 3. The normalized spacial score (nSPS) is 23.9. The zero-order valence-corrected chi connectivity index (χ0v) is 12.7. The predicted molar refractivity (Wildman–Crippen MR) is 78.7 cm³/mol. The maximum absolute atomic E-state index is 12.0. The third-order valence-electron chi connectivity index (χ3n) is 4.09. The minimum absolute atomic E-state index is 0.0104. The fraction of sp³-hybridized carbons (Fsp3) is 0.867. The minimum Gasteiger partial charge on any atom is -0.481 e. The molecule has 1 saturated carbocycles. The highest BCUT2D eigenvalue weighted by Gasteiger charge is 2.23. The summed E-state index contributed by atoms with van der Waals surface area (Å²) in [6, 6.07) is -0.254. The SMILES string of the molecule is CCCC(CC(=O)O)NC(=O)NC1CCCC(CC)C1. The third kappa shape index (κ3) is 6.26. The lowest BCUT2D eigenvalue weighted by molar-refractivity contribution is -0.137. The summed E-state index contributed by atoms with van der Waals surface area (Å²) in [5.74, 6) is -0.160. The molecule has 0 aromatic heterocycles. The number of carboxylic acids is 1. The highest BCUT2D eigenvalue weighted by atomic mass is 16.4. The van der Waals surface area contributed by atoms with Gasteiger partial charge in [-0.3, -0.25) is 4.79 Å². The average Bonchev–Trinajstić information content (AvgIpc) is 2.38. The number of amides is 2. The number of urea groups is 1. The Morgan fingerprint density at radius 3 is 2.65 bits per heavy atom. The van der Waals surface area contributed by atoms with Crippen LogP contribution in [-0.4, -0.2) is 29.2 Å². The van der Waals surface area contributed by atoms with Crippen LogP contribution in [0.5, 0.6) is 0 Å². The molecule has 3 N–H and O–H groups in total. The molecule has 0 bridgehead atoms. The Morgan fingerprint density at radius 2 is 2.05 bits per heavy atom. The van der Waals surface area contributed by atoms with Gasteiger partial charge in [-0.2, -0.15) is 0 Å². The molecule has 0 aromatic rings. The van der Waals surface area contributed by atoms with Gasteiger partial charge in [0.15, 0.2) is 0 Å². The number of carbonyl (C=O) groups excluding carboxylic acids is 1. The molecule has 0 spiro atoms. The van der Waals surface area contributed by atoms with Crippen molar-refractivity contribution in [3.8, 4) is 0 Å². The van der Waals surface area contributed by atoms with Gasteiger partial charge in [-0.1, -0.05) is 39.5 Å². The highest BCUT2D eigenvalue weighted by molar-refractivity contribution is 5.76. The van der Waals surface area contributed by atoms with Gasteiger partial charge >= 0.3 is 12.0 Å². The van der Waals surface area contributed by atoms with Crippen LogP contribution in [0.25, 0.3) is 0 Å². The van der Waals surface area contributed by atoms with Crippen molar-refractivity contribution in [2.45, 2.75) is 77.3 Å². The molecular weight excluding hydrogens is 256 g/mol. The maximum Gasteiger partial charge on any atom is 0.315 e. The van der Waals surface area contributed by atoms with Gasteiger partial charge in [0.25, 0.3) is 0 Å². The first kappa shape index (κ1) is 16.8. The topological polar surface area (TPSA) is 78.4 Å². The molecule has 2 amide bonds. The average molecular weight is 284 g/mol. The van der Waals surface area contributed by atoms with Gasteiger partial charge in [0.05, 0.1) is 6.42 Å². The Morgan fingerprint density at radius 1 is 1.30 bits per heavy atom. The van der Waals surface area contributed by atoms with Crippen LogP contribution in [0.15, 0.2) is 0 Å². The van der Waals surface area contributed by atoms with E-state index in [1.54, 1.807) is 0 Å². The van der Waals surface area contributed by atoms with Crippen LogP contribution in [0.4, 0.5) is 4.79 Å². The van der Waals surface area contributed by atoms with E-state index in [1.807, 2.05) is 6.92 Å². The lowest BCUT2D eigenvalue weighted by Gasteiger charge is -2.29. The second-order valence-corrected chi connectivity index (χ2v) is 5.84. The molecule has 5 nitrogen and oxygen atoms in total. The lowest BCUT2D eigenvalue weighted by Crippen LogP contribution is -2.48. The van der Waals surface area contributed by atoms with E-state index in [-0.39, 0.29) is 24.5 Å². The summed E-state index contributed by atoms with van der Waals surface area (Å²) in [5, 5.41) is 14.6. The van der Waals surface area contributed by atoms with Crippen LogP contribution in [0.1, 0.15) is 65.2 Å². The van der Waals surface area contributed by atoms with Crippen LogP contribution in [0.2, 0.25) is 0 Å². The van der Waals surface area contributed by atoms with Crippen molar-refractivity contribution in [2.75, 3.05) is 0 Å². The van der Waals surface area contributed by atoms with Gasteiger partial charge in [-0.05, 0) is 25.2 Å². The molecule has 5 heteroatoms. The lowest BCUT2D eigenvalue weighted by atomic mass is 9.84. The van der Waals surface area contributed by atoms with Crippen molar-refractivity contribution in [1.29, 1.82) is 0 Å². The molecule has 116 valence electrons. The van der Waals surface area contributed by atoms with Crippen molar-refractivity contribution in [1.82, 2.24) is 10.6 Å². The number of carboxylic acid groups (broad SMARTS) is 1. The Kier molecular flexibility index (Phi) is 7.41. The summed E-state index contributed by atoms with van der Waals surface area (Å²) in [6.45, 7) is 4.18. The second-order valence-electron chi connectivity index (χ2n) is 5.84. The molecule has 0 saturated heterocycles. The summed E-state index contributed by atoms with van der Waals surface area (Å²) in [6.07, 6.45) is 7.20. The molecule has 1 rings (SSSR count). The van der Waals surface area contributed by atoms with Gasteiger partial charge < -0.3 is 15.7 Å². The fourth-order valence-electron chi connectivity index (χ4n) is 2.99. The smallest absolute Gasteiger partial charge is 0.315 e. The van der Waals surface area contributed by atoms with Crippen molar-refractivity contribution in [3.05, 3.63) is 0 Å². The Balaban J connectivity index is 2.38. The van der Waals surface area contributed by atoms with Gasteiger partial charge in [-0.25, -0.2) is 4.79 Å². The molecule has 20 heavy (non-hydrogen) atoms. The van der Waals surface area contributed by atoms with Crippen LogP contribution in [0.3, 0.4) is 0 Å². The van der Waals surface area contributed by atoms with E-state index in [2.05, 4.69) is 17.6 Å². The van der Waals surface area contributed by atoms with Crippen molar-refractivity contribution in [3.63, 3.8) is 0 Å². The summed E-state index contributed by atoms with van der Waals surface area (Å²) in [5.41, 5.74) is 0. The van der Waals surface area contributed by atoms with Crippen molar-refractivity contribution < 1.29 is 14.7 Å². The number of nitrogens with one attached hydrogen (secondary N) is 2. The molecule has 0 heterocycles. The van der Waals surface area contributed by atoms with Crippen LogP contribution in [0, 0.1) is 5.92 Å². The largest absolute Gasteiger partial charge is 0.481 e. The number of aliphatic carboxylic acids is 1.